The van der Waals surface area contributed by atoms with Crippen LogP contribution in [0.4, 0.5) is 23.2 Å². The summed E-state index contributed by atoms with van der Waals surface area (Å²) in [5.74, 6) is 5.00. The normalized spacial score (nSPS) is 15.7. The number of hydrazone groups is 1. The molecule has 1 aliphatic carbocycles. The minimum atomic E-state index is -5.80. The van der Waals surface area contributed by atoms with E-state index >= 15 is 0 Å². The molecule has 0 spiro atoms. The van der Waals surface area contributed by atoms with E-state index in [9.17, 15) is 26.0 Å². The monoisotopic (exact) mass is 434 g/mol. The lowest BCUT2D eigenvalue weighted by Gasteiger charge is -2.25. The van der Waals surface area contributed by atoms with Gasteiger partial charge in [0.25, 0.3) is 0 Å². The largest absolute Gasteiger partial charge is 0.518 e. The van der Waals surface area contributed by atoms with Crippen LogP contribution in [0, 0.1) is 6.92 Å². The number of likely N-dealkylation sites (N-methyl/N-ethyl adjacent to an activating group) is 1. The molecule has 1 aromatic carbocycles. The molecule has 0 fully saturated rings. The molecular weight excluding hydrogens is 412 g/mol. The highest BCUT2D eigenvalue weighted by atomic mass is 32.2. The van der Waals surface area contributed by atoms with Crippen LogP contribution in [0.3, 0.4) is 0 Å². The van der Waals surface area contributed by atoms with Gasteiger partial charge in [0.05, 0.1) is 17.1 Å². The summed E-state index contributed by atoms with van der Waals surface area (Å²) < 4.78 is 76.1. The summed E-state index contributed by atoms with van der Waals surface area (Å²) in [4.78, 5) is 0. The molecule has 0 heterocycles. The van der Waals surface area contributed by atoms with E-state index in [2.05, 4.69) is 5.10 Å². The van der Waals surface area contributed by atoms with Crippen molar-refractivity contribution < 1.29 is 26.0 Å². The van der Waals surface area contributed by atoms with Crippen LogP contribution < -0.4 is 10.3 Å². The van der Waals surface area contributed by atoms with Crippen molar-refractivity contribution in [2.24, 2.45) is 10.9 Å². The second kappa shape index (κ2) is 8.54. The third-order valence-electron chi connectivity index (χ3n) is 4.26. The van der Waals surface area contributed by atoms with Crippen molar-refractivity contribution in [1.82, 2.24) is 5.01 Å². The fourth-order valence-corrected chi connectivity index (χ4v) is 3.39. The number of hydrazine groups is 1. The molecule has 0 radical (unpaired) electrons. The van der Waals surface area contributed by atoms with Gasteiger partial charge in [-0.2, -0.15) is 31.1 Å². The second-order valence-electron chi connectivity index (χ2n) is 6.40. The summed E-state index contributed by atoms with van der Waals surface area (Å²) in [5, 5.41) is 5.68. The van der Waals surface area contributed by atoms with Gasteiger partial charge in [0.15, 0.2) is 0 Å². The number of hydrogen-bond acceptors (Lipinski definition) is 5. The van der Waals surface area contributed by atoms with Gasteiger partial charge in [0, 0.05) is 18.5 Å². The lowest BCUT2D eigenvalue weighted by molar-refractivity contribution is -0.0438. The number of rotatable bonds is 6. The predicted molar refractivity (Wildman–Crippen MR) is 104 cm³/mol. The first-order valence-electron chi connectivity index (χ1n) is 8.75. The molecule has 0 aliphatic heterocycles. The molecule has 0 bridgehead atoms. The van der Waals surface area contributed by atoms with E-state index in [0.29, 0.717) is 18.5 Å². The average molecular weight is 434 g/mol. The van der Waals surface area contributed by atoms with Gasteiger partial charge in [-0.25, -0.2) is 10.2 Å². The molecule has 0 saturated carbocycles. The predicted octanol–water partition coefficient (Wildman–Crippen LogP) is 4.10. The van der Waals surface area contributed by atoms with Crippen LogP contribution in [0.1, 0.15) is 37.8 Å². The second-order valence-corrected chi connectivity index (χ2v) is 8.21. The van der Waals surface area contributed by atoms with Gasteiger partial charge in [-0.15, -0.1) is 0 Å². The standard InChI is InChI=1S/C18H22F4N4O2S/c1-4-25(17-8-6-5-7-15(17)19)24-13(3)14-11-12(2)9-10-16(14)26(23)29(27,28)18(20,21)22/h6,8-11H,4-5,7,23H2,1-3H3/b24-13+. The molecule has 6 nitrogen and oxygen atoms in total. The summed E-state index contributed by atoms with van der Waals surface area (Å²) in [6.45, 7) is 5.20. The molecule has 160 valence electrons. The smallest absolute Gasteiger partial charge is 0.263 e. The summed E-state index contributed by atoms with van der Waals surface area (Å²) in [5.41, 5.74) is -4.79. The van der Waals surface area contributed by atoms with Gasteiger partial charge < -0.3 is 0 Å². The molecular formula is C18H22F4N4O2S. The minimum absolute atomic E-state index is 0.0829. The quantitative estimate of drug-likeness (QED) is 0.316. The molecule has 1 aliphatic rings. The van der Waals surface area contributed by atoms with Crippen molar-refractivity contribution in [1.29, 1.82) is 0 Å². The van der Waals surface area contributed by atoms with Crippen LogP contribution in [-0.2, 0) is 10.0 Å². The SMILES string of the molecule is CCN(/N=C(\C)c1cc(C)ccc1N(N)S(=O)(=O)C(F)(F)F)C1=C(F)CCC=C1. The lowest BCUT2D eigenvalue weighted by atomic mass is 10.1. The summed E-state index contributed by atoms with van der Waals surface area (Å²) in [7, 11) is -5.80. The Kier molecular flexibility index (Phi) is 6.74. The van der Waals surface area contributed by atoms with E-state index in [4.69, 9.17) is 5.84 Å². The summed E-state index contributed by atoms with van der Waals surface area (Å²) >= 11 is 0. The number of nitrogens with zero attached hydrogens (tertiary/aromatic N) is 3. The van der Waals surface area contributed by atoms with Crippen molar-refractivity contribution in [2.45, 2.75) is 39.1 Å². The third kappa shape index (κ3) is 4.78. The van der Waals surface area contributed by atoms with Gasteiger partial charge >= 0.3 is 15.5 Å². The first kappa shape index (κ1) is 22.9. The van der Waals surface area contributed by atoms with Gasteiger partial charge in [-0.05, 0) is 45.4 Å². The van der Waals surface area contributed by atoms with E-state index in [1.165, 1.54) is 30.1 Å². The highest BCUT2D eigenvalue weighted by molar-refractivity contribution is 7.93. The average Bonchev–Trinajstić information content (AvgIpc) is 2.65. The van der Waals surface area contributed by atoms with Gasteiger partial charge in [-0.3, -0.25) is 5.01 Å². The lowest BCUT2D eigenvalue weighted by Crippen LogP contribution is -2.46. The van der Waals surface area contributed by atoms with E-state index in [1.54, 1.807) is 26.0 Å². The maximum atomic E-state index is 14.2. The molecule has 2 rings (SSSR count). The number of nitrogens with two attached hydrogens (primary N) is 1. The Morgan fingerprint density at radius 1 is 1.31 bits per heavy atom. The van der Waals surface area contributed by atoms with Gasteiger partial charge in [0.1, 0.15) is 5.83 Å². The van der Waals surface area contributed by atoms with Crippen LogP contribution in [0.25, 0.3) is 0 Å². The molecule has 1 aromatic rings. The summed E-state index contributed by atoms with van der Waals surface area (Å²) in [6.07, 6.45) is 4.17. The van der Waals surface area contributed by atoms with Crippen LogP contribution in [0.2, 0.25) is 0 Å². The van der Waals surface area contributed by atoms with Gasteiger partial charge in [-0.1, -0.05) is 17.7 Å². The Balaban J connectivity index is 2.55. The Bertz CT molecular complexity index is 969. The van der Waals surface area contributed by atoms with E-state index in [1.807, 2.05) is 0 Å². The van der Waals surface area contributed by atoms with Crippen molar-refractivity contribution in [3.05, 3.63) is 53.0 Å². The zero-order chi connectivity index (χ0) is 22.0. The number of sulfonamides is 1. The van der Waals surface area contributed by atoms with Crippen LogP contribution in [0.15, 0.2) is 47.0 Å². The number of alkyl halides is 3. The first-order valence-corrected chi connectivity index (χ1v) is 10.2. The zero-order valence-corrected chi connectivity index (χ0v) is 17.0. The Hall–Kier alpha value is -2.40. The van der Waals surface area contributed by atoms with Crippen molar-refractivity contribution in [3.63, 3.8) is 0 Å². The molecule has 0 aromatic heterocycles. The molecule has 29 heavy (non-hydrogen) atoms. The molecule has 0 unspecified atom stereocenters. The molecule has 0 saturated heterocycles. The fourth-order valence-electron chi connectivity index (χ4n) is 2.75. The highest BCUT2D eigenvalue weighted by Gasteiger charge is 2.50. The number of anilines is 1. The van der Waals surface area contributed by atoms with Crippen LogP contribution in [-0.4, -0.2) is 31.2 Å². The molecule has 2 N–H and O–H groups in total. The Morgan fingerprint density at radius 2 is 1.97 bits per heavy atom. The zero-order valence-electron chi connectivity index (χ0n) is 16.2. The van der Waals surface area contributed by atoms with Crippen LogP contribution >= 0.6 is 0 Å². The molecule has 0 amide bonds. The maximum Gasteiger partial charge on any atom is 0.518 e. The maximum absolute atomic E-state index is 14.2. The van der Waals surface area contributed by atoms with Crippen molar-refractivity contribution in [3.8, 4) is 0 Å². The number of benzene rings is 1. The van der Waals surface area contributed by atoms with E-state index in [0.717, 1.165) is 0 Å². The number of aryl methyl sites for hydroxylation is 1. The number of hydrogen-bond donors (Lipinski definition) is 1. The van der Waals surface area contributed by atoms with Crippen molar-refractivity contribution >= 4 is 21.4 Å². The number of allylic oxidation sites excluding steroid dienone is 3. The highest BCUT2D eigenvalue weighted by Crippen LogP contribution is 2.31. The molecule has 11 heteroatoms. The van der Waals surface area contributed by atoms with E-state index < -0.39 is 15.5 Å². The fraction of sp³-hybridized carbons (Fsp3) is 0.389. The first-order chi connectivity index (χ1) is 13.4. The third-order valence-corrected chi connectivity index (χ3v) is 5.56. The van der Waals surface area contributed by atoms with Gasteiger partial charge in [0.2, 0.25) is 0 Å². The Morgan fingerprint density at radius 3 is 2.52 bits per heavy atom. The number of halogens is 4. The van der Waals surface area contributed by atoms with E-state index in [-0.39, 0.29) is 39.3 Å². The summed E-state index contributed by atoms with van der Waals surface area (Å²) in [6, 6.07) is 4.07. The van der Waals surface area contributed by atoms with Crippen molar-refractivity contribution in [2.75, 3.05) is 11.0 Å². The van der Waals surface area contributed by atoms with Crippen LogP contribution in [0.5, 0.6) is 0 Å². The Labute approximate surface area is 167 Å². The molecule has 0 atom stereocenters. The minimum Gasteiger partial charge on any atom is -0.263 e. The topological polar surface area (TPSA) is 79.0 Å².